The molecule has 1 fully saturated rings. The Morgan fingerprint density at radius 2 is 1.87 bits per heavy atom. The lowest BCUT2D eigenvalue weighted by Crippen LogP contribution is -2.04. The van der Waals surface area contributed by atoms with E-state index in [9.17, 15) is 5.11 Å². The molecule has 1 nitrogen and oxygen atoms in total. The van der Waals surface area contributed by atoms with Crippen LogP contribution in [0, 0.1) is 6.92 Å². The van der Waals surface area contributed by atoms with Gasteiger partial charge in [-0.15, -0.1) is 0 Å². The van der Waals surface area contributed by atoms with Gasteiger partial charge in [0.05, 0.1) is 0 Å². The standard InChI is InChI=1S/C13H17ClO/c1-9-7-13(15)11(8-12(9)14)10-5-3-2-4-6-10/h7-8,10,15H,2-6H2,1H3. The van der Waals surface area contributed by atoms with Crippen molar-refractivity contribution in [3.05, 3.63) is 28.3 Å². The van der Waals surface area contributed by atoms with Crippen LogP contribution in [0.5, 0.6) is 5.75 Å². The molecule has 1 aromatic rings. The fourth-order valence-electron chi connectivity index (χ4n) is 2.42. The van der Waals surface area contributed by atoms with Crippen LogP contribution in [0.15, 0.2) is 12.1 Å². The molecule has 1 aliphatic rings. The summed E-state index contributed by atoms with van der Waals surface area (Å²) in [6.07, 6.45) is 6.25. The number of rotatable bonds is 1. The van der Waals surface area contributed by atoms with Crippen LogP contribution >= 0.6 is 11.6 Å². The quantitative estimate of drug-likeness (QED) is 0.750. The van der Waals surface area contributed by atoms with Gasteiger partial charge in [-0.1, -0.05) is 30.9 Å². The van der Waals surface area contributed by atoms with E-state index < -0.39 is 0 Å². The summed E-state index contributed by atoms with van der Waals surface area (Å²) in [4.78, 5) is 0. The normalized spacial score (nSPS) is 18.0. The maximum atomic E-state index is 9.91. The molecule has 15 heavy (non-hydrogen) atoms. The molecule has 1 aromatic carbocycles. The van der Waals surface area contributed by atoms with Gasteiger partial charge in [0.25, 0.3) is 0 Å². The van der Waals surface area contributed by atoms with E-state index in [-0.39, 0.29) is 0 Å². The van der Waals surface area contributed by atoms with Gasteiger partial charge in [-0.25, -0.2) is 0 Å². The molecule has 0 saturated heterocycles. The second kappa shape index (κ2) is 4.44. The molecule has 0 unspecified atom stereocenters. The third-order valence-electron chi connectivity index (χ3n) is 3.35. The summed E-state index contributed by atoms with van der Waals surface area (Å²) >= 11 is 6.09. The zero-order valence-electron chi connectivity index (χ0n) is 9.09. The first-order chi connectivity index (χ1) is 7.18. The lowest BCUT2D eigenvalue weighted by Gasteiger charge is -2.23. The highest BCUT2D eigenvalue weighted by molar-refractivity contribution is 6.31. The van der Waals surface area contributed by atoms with Crippen molar-refractivity contribution in [1.82, 2.24) is 0 Å². The van der Waals surface area contributed by atoms with Gasteiger partial charge in [-0.2, -0.15) is 0 Å². The zero-order chi connectivity index (χ0) is 10.8. The Balaban J connectivity index is 2.30. The van der Waals surface area contributed by atoms with Crippen molar-refractivity contribution in [2.45, 2.75) is 44.9 Å². The number of phenols is 1. The fraction of sp³-hybridized carbons (Fsp3) is 0.538. The zero-order valence-corrected chi connectivity index (χ0v) is 9.85. The first-order valence-electron chi connectivity index (χ1n) is 5.67. The minimum absolute atomic E-state index is 0.420. The Hall–Kier alpha value is -0.690. The van der Waals surface area contributed by atoms with E-state index in [1.165, 1.54) is 32.1 Å². The van der Waals surface area contributed by atoms with Crippen LogP contribution in [0.25, 0.3) is 0 Å². The second-order valence-corrected chi connectivity index (χ2v) is 4.90. The van der Waals surface area contributed by atoms with E-state index in [4.69, 9.17) is 11.6 Å². The topological polar surface area (TPSA) is 20.2 Å². The molecule has 0 radical (unpaired) electrons. The third-order valence-corrected chi connectivity index (χ3v) is 3.76. The third kappa shape index (κ3) is 2.28. The summed E-state index contributed by atoms with van der Waals surface area (Å²) in [7, 11) is 0. The van der Waals surface area contributed by atoms with E-state index in [1.807, 2.05) is 13.0 Å². The molecule has 1 saturated carbocycles. The Labute approximate surface area is 96.1 Å². The Morgan fingerprint density at radius 1 is 1.20 bits per heavy atom. The number of aryl methyl sites for hydroxylation is 1. The average Bonchev–Trinajstić information content (AvgIpc) is 2.25. The largest absolute Gasteiger partial charge is 0.508 e. The van der Waals surface area contributed by atoms with E-state index in [0.29, 0.717) is 11.7 Å². The van der Waals surface area contributed by atoms with Crippen LogP contribution in [-0.4, -0.2) is 5.11 Å². The van der Waals surface area contributed by atoms with Gasteiger partial charge in [0.15, 0.2) is 0 Å². The molecule has 2 rings (SSSR count). The molecular weight excluding hydrogens is 208 g/mol. The van der Waals surface area contributed by atoms with Crippen molar-refractivity contribution in [1.29, 1.82) is 0 Å². The van der Waals surface area contributed by atoms with Gasteiger partial charge >= 0.3 is 0 Å². The number of phenolic OH excluding ortho intramolecular Hbond substituents is 1. The summed E-state index contributed by atoms with van der Waals surface area (Å²) in [5.41, 5.74) is 2.00. The molecule has 2 heteroatoms. The second-order valence-electron chi connectivity index (χ2n) is 4.50. The van der Waals surface area contributed by atoms with Gasteiger partial charge in [-0.3, -0.25) is 0 Å². The molecule has 0 aromatic heterocycles. The van der Waals surface area contributed by atoms with Crippen molar-refractivity contribution in [3.63, 3.8) is 0 Å². The molecule has 0 aliphatic heterocycles. The molecular formula is C13H17ClO. The molecule has 1 N–H and O–H groups in total. The predicted molar refractivity (Wildman–Crippen MR) is 63.7 cm³/mol. The van der Waals surface area contributed by atoms with Crippen LogP contribution in [-0.2, 0) is 0 Å². The lowest BCUT2D eigenvalue weighted by atomic mass is 9.83. The van der Waals surface area contributed by atoms with Crippen LogP contribution < -0.4 is 0 Å². The highest BCUT2D eigenvalue weighted by atomic mass is 35.5. The smallest absolute Gasteiger partial charge is 0.119 e. The molecule has 0 heterocycles. The Kier molecular flexibility index (Phi) is 3.20. The SMILES string of the molecule is Cc1cc(O)c(C2CCCCC2)cc1Cl. The van der Waals surface area contributed by atoms with E-state index in [2.05, 4.69) is 0 Å². The lowest BCUT2D eigenvalue weighted by molar-refractivity contribution is 0.414. The van der Waals surface area contributed by atoms with Gasteiger partial charge in [0.1, 0.15) is 5.75 Å². The molecule has 0 spiro atoms. The van der Waals surface area contributed by atoms with Crippen molar-refractivity contribution >= 4 is 11.6 Å². The van der Waals surface area contributed by atoms with Crippen molar-refractivity contribution < 1.29 is 5.11 Å². The number of aromatic hydroxyl groups is 1. The maximum absolute atomic E-state index is 9.91. The first-order valence-corrected chi connectivity index (χ1v) is 6.05. The first kappa shape index (κ1) is 10.8. The molecule has 1 aliphatic carbocycles. The summed E-state index contributed by atoms with van der Waals surface area (Å²) in [5, 5.41) is 10.7. The van der Waals surface area contributed by atoms with Crippen LogP contribution in [0.1, 0.15) is 49.1 Å². The van der Waals surface area contributed by atoms with Crippen LogP contribution in [0.2, 0.25) is 5.02 Å². The number of hydrogen-bond acceptors (Lipinski definition) is 1. The molecule has 0 atom stereocenters. The van der Waals surface area contributed by atoms with Gasteiger partial charge < -0.3 is 5.11 Å². The highest BCUT2D eigenvalue weighted by Gasteiger charge is 2.19. The van der Waals surface area contributed by atoms with Crippen LogP contribution in [0.4, 0.5) is 0 Å². The minimum atomic E-state index is 0.420. The molecule has 82 valence electrons. The highest BCUT2D eigenvalue weighted by Crippen LogP contribution is 2.39. The Morgan fingerprint density at radius 3 is 2.53 bits per heavy atom. The number of hydrogen-bond donors (Lipinski definition) is 1. The summed E-state index contributed by atoms with van der Waals surface area (Å²) in [6, 6.07) is 3.73. The van der Waals surface area contributed by atoms with Crippen molar-refractivity contribution in [2.75, 3.05) is 0 Å². The summed E-state index contributed by atoms with van der Waals surface area (Å²) in [6.45, 7) is 1.92. The monoisotopic (exact) mass is 224 g/mol. The summed E-state index contributed by atoms with van der Waals surface area (Å²) in [5.74, 6) is 0.931. The fourth-order valence-corrected chi connectivity index (χ4v) is 2.59. The molecule has 0 amide bonds. The van der Waals surface area contributed by atoms with Gasteiger partial charge in [0, 0.05) is 5.02 Å². The predicted octanol–water partition coefficient (Wildman–Crippen LogP) is 4.40. The minimum Gasteiger partial charge on any atom is -0.508 e. The van der Waals surface area contributed by atoms with E-state index in [1.54, 1.807) is 6.07 Å². The average molecular weight is 225 g/mol. The Bertz CT molecular complexity index is 354. The summed E-state index contributed by atoms with van der Waals surface area (Å²) < 4.78 is 0. The van der Waals surface area contributed by atoms with Crippen molar-refractivity contribution in [3.8, 4) is 5.75 Å². The van der Waals surface area contributed by atoms with Crippen molar-refractivity contribution in [2.24, 2.45) is 0 Å². The van der Waals surface area contributed by atoms with Crippen LogP contribution in [0.3, 0.4) is 0 Å². The molecule has 0 bridgehead atoms. The van der Waals surface area contributed by atoms with Gasteiger partial charge in [-0.05, 0) is 48.9 Å². The number of halogens is 1. The maximum Gasteiger partial charge on any atom is 0.119 e. The van der Waals surface area contributed by atoms with E-state index in [0.717, 1.165) is 16.1 Å². The van der Waals surface area contributed by atoms with E-state index >= 15 is 0 Å². The number of benzene rings is 1. The van der Waals surface area contributed by atoms with Gasteiger partial charge in [0.2, 0.25) is 0 Å².